The van der Waals surface area contributed by atoms with Gasteiger partial charge in [-0.3, -0.25) is 9.59 Å². The van der Waals surface area contributed by atoms with Gasteiger partial charge in [0.1, 0.15) is 0 Å². The lowest BCUT2D eigenvalue weighted by molar-refractivity contribution is -0.120. The number of nitrogens with zero attached hydrogens (tertiary/aromatic N) is 1. The zero-order chi connectivity index (χ0) is 29.8. The molecular formula is C25H34N4O8S3. The molecule has 12 nitrogen and oxygen atoms in total. The molecule has 1 fully saturated rings. The van der Waals surface area contributed by atoms with Crippen LogP contribution in [-0.2, 0) is 52.6 Å². The predicted octanol–water partition coefficient (Wildman–Crippen LogP) is 0.505. The smallest absolute Gasteiger partial charge is 0.243 e. The van der Waals surface area contributed by atoms with Crippen molar-refractivity contribution in [2.45, 2.75) is 55.6 Å². The minimum Gasteiger partial charge on any atom is -0.352 e. The van der Waals surface area contributed by atoms with E-state index in [0.717, 1.165) is 4.31 Å². The highest BCUT2D eigenvalue weighted by Crippen LogP contribution is 2.34. The zero-order valence-electron chi connectivity index (χ0n) is 22.5. The van der Waals surface area contributed by atoms with Crippen LogP contribution in [0.3, 0.4) is 0 Å². The molecule has 0 radical (unpaired) electrons. The van der Waals surface area contributed by atoms with Crippen LogP contribution in [0.2, 0.25) is 0 Å². The highest BCUT2D eigenvalue weighted by atomic mass is 32.2. The van der Waals surface area contributed by atoms with Crippen LogP contribution in [0.1, 0.15) is 38.3 Å². The first kappa shape index (κ1) is 31.7. The molecule has 2 aromatic carbocycles. The van der Waals surface area contributed by atoms with E-state index in [1.807, 2.05) is 0 Å². The molecule has 0 aromatic heterocycles. The van der Waals surface area contributed by atoms with Crippen LogP contribution < -0.4 is 15.4 Å². The van der Waals surface area contributed by atoms with E-state index in [9.17, 15) is 34.8 Å². The normalized spacial score (nSPS) is 18.9. The van der Waals surface area contributed by atoms with Crippen molar-refractivity contribution >= 4 is 41.7 Å². The second-order valence-corrected chi connectivity index (χ2v) is 15.7. The molecule has 3 N–H and O–H groups in total. The van der Waals surface area contributed by atoms with Crippen molar-refractivity contribution in [2.75, 3.05) is 24.6 Å². The van der Waals surface area contributed by atoms with Crippen LogP contribution in [0, 0.1) is 0 Å². The van der Waals surface area contributed by atoms with Gasteiger partial charge in [-0.15, -0.1) is 0 Å². The number of hydrogen-bond donors (Lipinski definition) is 3. The molecule has 1 saturated heterocycles. The van der Waals surface area contributed by atoms with Crippen molar-refractivity contribution in [1.29, 1.82) is 0 Å². The lowest BCUT2D eigenvalue weighted by Crippen LogP contribution is -2.53. The summed E-state index contributed by atoms with van der Waals surface area (Å²) >= 11 is 0. The maximum atomic E-state index is 13.7. The molecule has 1 heterocycles. The van der Waals surface area contributed by atoms with Gasteiger partial charge in [-0.05, 0) is 48.7 Å². The third-order valence-corrected chi connectivity index (χ3v) is 12.0. The van der Waals surface area contributed by atoms with Crippen LogP contribution in [-0.4, -0.2) is 71.5 Å². The van der Waals surface area contributed by atoms with Crippen LogP contribution in [0.15, 0.2) is 58.3 Å². The lowest BCUT2D eigenvalue weighted by Gasteiger charge is -2.36. The van der Waals surface area contributed by atoms with Crippen LogP contribution in [0.25, 0.3) is 0 Å². The molecule has 1 aliphatic heterocycles. The zero-order valence-corrected chi connectivity index (χ0v) is 25.0. The van der Waals surface area contributed by atoms with Gasteiger partial charge in [0.25, 0.3) is 0 Å². The van der Waals surface area contributed by atoms with Gasteiger partial charge in [0.15, 0.2) is 9.84 Å². The largest absolute Gasteiger partial charge is 0.352 e. The molecule has 40 heavy (non-hydrogen) atoms. The van der Waals surface area contributed by atoms with E-state index in [4.69, 9.17) is 0 Å². The van der Waals surface area contributed by atoms with Crippen molar-refractivity contribution < 1.29 is 34.8 Å². The van der Waals surface area contributed by atoms with Gasteiger partial charge in [0.2, 0.25) is 31.9 Å². The second-order valence-electron chi connectivity index (χ2n) is 9.92. The van der Waals surface area contributed by atoms with Crippen molar-refractivity contribution in [1.82, 2.24) is 19.7 Å². The summed E-state index contributed by atoms with van der Waals surface area (Å²) in [5.41, 5.74) is 0.0969. The van der Waals surface area contributed by atoms with Crippen molar-refractivity contribution in [3.63, 3.8) is 0 Å². The number of carbonyl (C=O) groups is 2. The predicted molar refractivity (Wildman–Crippen MR) is 149 cm³/mol. The van der Waals surface area contributed by atoms with Gasteiger partial charge in [-0.1, -0.05) is 24.3 Å². The average molecular weight is 615 g/mol. The summed E-state index contributed by atoms with van der Waals surface area (Å²) in [6.07, 6.45) is 0.0672. The SMILES string of the molecule is CC(=O)NCc1ccc(S(=O)(=O)NCCN([C@@]2(C)CCS(=O)(=O)C2)S(=O)(=O)c2ccc(CNC(C)=O)cc2)cc1. The Morgan fingerprint density at radius 1 is 0.850 bits per heavy atom. The Balaban J connectivity index is 1.80. The Hall–Kier alpha value is -2.85. The van der Waals surface area contributed by atoms with Crippen LogP contribution in [0.5, 0.6) is 0 Å². The van der Waals surface area contributed by atoms with Crippen molar-refractivity contribution in [3.05, 3.63) is 59.7 Å². The quantitative estimate of drug-likeness (QED) is 0.310. The lowest BCUT2D eigenvalue weighted by atomic mass is 10.0. The molecule has 2 amide bonds. The summed E-state index contributed by atoms with van der Waals surface area (Å²) in [5.74, 6) is -1.02. The first-order chi connectivity index (χ1) is 18.5. The molecule has 2 aromatic rings. The monoisotopic (exact) mass is 614 g/mol. The molecule has 15 heteroatoms. The van der Waals surface area contributed by atoms with E-state index in [1.54, 1.807) is 31.2 Å². The number of amides is 2. The van der Waals surface area contributed by atoms with E-state index in [0.29, 0.717) is 11.1 Å². The molecule has 0 bridgehead atoms. The highest BCUT2D eigenvalue weighted by Gasteiger charge is 2.47. The van der Waals surface area contributed by atoms with Crippen LogP contribution in [0.4, 0.5) is 0 Å². The molecular weight excluding hydrogens is 580 g/mol. The molecule has 0 unspecified atom stereocenters. The summed E-state index contributed by atoms with van der Waals surface area (Å²) in [6.45, 7) is 4.13. The minimum atomic E-state index is -4.23. The second kappa shape index (κ2) is 12.3. The maximum absolute atomic E-state index is 13.7. The topological polar surface area (TPSA) is 176 Å². The number of sulfonamides is 2. The fourth-order valence-electron chi connectivity index (χ4n) is 4.38. The Kier molecular flexibility index (Phi) is 9.78. The Morgan fingerprint density at radius 2 is 1.32 bits per heavy atom. The Bertz CT molecular complexity index is 1560. The third-order valence-electron chi connectivity index (χ3n) is 6.52. The molecule has 220 valence electrons. The minimum absolute atomic E-state index is 0.0436. The van der Waals surface area contributed by atoms with Crippen LogP contribution >= 0.6 is 0 Å². The summed E-state index contributed by atoms with van der Waals surface area (Å²) in [6, 6.07) is 11.7. The molecule has 0 spiro atoms. The molecule has 0 aliphatic carbocycles. The van der Waals surface area contributed by atoms with E-state index in [1.165, 1.54) is 38.1 Å². The van der Waals surface area contributed by atoms with E-state index in [-0.39, 0.29) is 65.7 Å². The Labute approximate surface area is 235 Å². The highest BCUT2D eigenvalue weighted by molar-refractivity contribution is 7.92. The van der Waals surface area contributed by atoms with E-state index < -0.39 is 35.4 Å². The average Bonchev–Trinajstić information content (AvgIpc) is 3.17. The summed E-state index contributed by atoms with van der Waals surface area (Å²) < 4.78 is 81.4. The number of hydrogen-bond acceptors (Lipinski definition) is 8. The van der Waals surface area contributed by atoms with E-state index in [2.05, 4.69) is 15.4 Å². The van der Waals surface area contributed by atoms with E-state index >= 15 is 0 Å². The number of sulfone groups is 1. The van der Waals surface area contributed by atoms with Crippen molar-refractivity contribution in [2.24, 2.45) is 0 Å². The van der Waals surface area contributed by atoms with Gasteiger partial charge in [-0.2, -0.15) is 4.31 Å². The van der Waals surface area contributed by atoms with Gasteiger partial charge in [0.05, 0.1) is 21.3 Å². The number of benzene rings is 2. The van der Waals surface area contributed by atoms with Gasteiger partial charge >= 0.3 is 0 Å². The molecule has 0 saturated carbocycles. The van der Waals surface area contributed by atoms with Gasteiger partial charge in [-0.25, -0.2) is 30.0 Å². The first-order valence-corrected chi connectivity index (χ1v) is 17.2. The Morgan fingerprint density at radius 3 is 1.75 bits per heavy atom. The first-order valence-electron chi connectivity index (χ1n) is 12.4. The fraction of sp³-hybridized carbons (Fsp3) is 0.440. The maximum Gasteiger partial charge on any atom is 0.243 e. The fourth-order valence-corrected chi connectivity index (χ4v) is 9.43. The molecule has 1 atom stereocenters. The number of carbonyl (C=O) groups excluding carboxylic acids is 2. The molecule has 1 aliphatic rings. The molecule has 3 rings (SSSR count). The number of rotatable bonds is 12. The summed E-state index contributed by atoms with van der Waals surface area (Å²) in [5, 5.41) is 5.24. The van der Waals surface area contributed by atoms with Crippen molar-refractivity contribution in [3.8, 4) is 0 Å². The number of nitrogens with one attached hydrogen (secondary N) is 3. The van der Waals surface area contributed by atoms with Gasteiger partial charge in [0, 0.05) is 45.6 Å². The summed E-state index contributed by atoms with van der Waals surface area (Å²) in [7, 11) is -11.7. The standard InChI is InChI=1S/C25H34N4O8S3/c1-19(30)26-16-21-4-8-23(9-5-21)39(34,35)28-13-14-29(25(3)12-15-38(32,33)18-25)40(36,37)24-10-6-22(7-11-24)17-27-20(2)31/h4-11,28H,12-18H2,1-3H3,(H,26,30)(H,27,31)/t25-/m0/s1. The van der Waals surface area contributed by atoms with Gasteiger partial charge < -0.3 is 10.6 Å². The summed E-state index contributed by atoms with van der Waals surface area (Å²) in [4.78, 5) is 22.1. The third kappa shape index (κ3) is 8.10.